The van der Waals surface area contributed by atoms with Crippen molar-refractivity contribution >= 4 is 23.1 Å². The molecule has 0 aromatic carbocycles. The van der Waals surface area contributed by atoms with E-state index in [9.17, 15) is 17.3 Å². The number of rotatable bonds is 6. The first-order chi connectivity index (χ1) is 19.9. The molecule has 0 aromatic heterocycles. The van der Waals surface area contributed by atoms with E-state index in [1.807, 2.05) is 0 Å². The Labute approximate surface area is 280 Å². The second kappa shape index (κ2) is 24.9. The molecule has 6 rings (SSSR count). The van der Waals surface area contributed by atoms with Crippen molar-refractivity contribution in [3.8, 4) is 0 Å². The normalized spacial score (nSPS) is 23.8. The first kappa shape index (κ1) is 43.8. The molecule has 6 fully saturated rings. The Balaban J connectivity index is 0.000000625. The molecular weight excluding hydrogens is 706 g/mol. The molecule has 6 aliphatic rings. The van der Waals surface area contributed by atoms with Crippen LogP contribution in [0.15, 0.2) is 0 Å². The Kier molecular flexibility index (Phi) is 25.3. The van der Waals surface area contributed by atoms with Gasteiger partial charge in [-0.2, -0.15) is 0 Å². The number of nitroso groups, excluding NO2 is 2. The number of hydrogen-bond acceptors (Lipinski definition) is 2. The van der Waals surface area contributed by atoms with Crippen LogP contribution >= 0.6 is 15.8 Å². The molecule has 2 radical (unpaired) electrons. The summed E-state index contributed by atoms with van der Waals surface area (Å²) in [6.45, 7) is 0. The molecule has 0 unspecified atom stereocenters. The van der Waals surface area contributed by atoms with Gasteiger partial charge in [-0.15, -0.1) is 9.81 Å². The van der Waals surface area contributed by atoms with Gasteiger partial charge in [-0.3, -0.25) is 0 Å². The van der Waals surface area contributed by atoms with Gasteiger partial charge < -0.3 is 29.7 Å². The van der Waals surface area contributed by atoms with E-state index in [1.54, 1.807) is 154 Å². The van der Waals surface area contributed by atoms with Gasteiger partial charge in [-0.1, -0.05) is 92.9 Å². The van der Waals surface area contributed by atoms with Gasteiger partial charge in [0.1, 0.15) is 11.2 Å². The van der Waals surface area contributed by atoms with Crippen LogP contribution in [0.25, 0.3) is 0 Å². The molecule has 0 amide bonds. The van der Waals surface area contributed by atoms with Gasteiger partial charge in [0.15, 0.2) is 0 Å². The van der Waals surface area contributed by atoms with Crippen molar-refractivity contribution in [1.82, 2.24) is 11.2 Å². The van der Waals surface area contributed by atoms with Crippen LogP contribution in [-0.2, 0) is 19.5 Å². The Morgan fingerprint density at radius 1 is 0.372 bits per heavy atom. The predicted octanol–water partition coefficient (Wildman–Crippen LogP) is 8.00. The minimum Gasteiger partial charge on any atom is -1.00 e. The smallest absolute Gasteiger partial charge is 1.00 e. The zero-order valence-electron chi connectivity index (χ0n) is 25.9. The summed E-state index contributed by atoms with van der Waals surface area (Å²) in [5, 5.41) is 0. The third-order valence-corrected chi connectivity index (χ3v) is 18.6. The van der Waals surface area contributed by atoms with Crippen LogP contribution in [0.1, 0.15) is 154 Å². The van der Waals surface area contributed by atoms with Gasteiger partial charge in [0.25, 0.3) is 0 Å². The predicted molar refractivity (Wildman–Crippen MR) is 169 cm³/mol. The monoisotopic (exact) mass is 760 g/mol. The summed E-state index contributed by atoms with van der Waals surface area (Å²) >= 11 is 0. The van der Waals surface area contributed by atoms with Crippen LogP contribution in [0.4, 0.5) is 17.3 Å². The Morgan fingerprint density at radius 3 is 0.558 bits per heavy atom. The maximum absolute atomic E-state index is 9.75. The third-order valence-electron chi connectivity index (χ3n) is 10.5. The summed E-state index contributed by atoms with van der Waals surface area (Å²) in [6.07, 6.45) is 38.0. The van der Waals surface area contributed by atoms with E-state index in [1.165, 1.54) is 34.0 Å². The van der Waals surface area contributed by atoms with E-state index in [0.29, 0.717) is 15.8 Å². The maximum atomic E-state index is 9.75. The van der Waals surface area contributed by atoms with E-state index in [4.69, 9.17) is 21.0 Å². The summed E-state index contributed by atoms with van der Waals surface area (Å²) in [7, 11) is -5.13. The average Bonchev–Trinajstić information content (AvgIpc) is 3.83. The van der Waals surface area contributed by atoms with Crippen LogP contribution in [0.3, 0.4) is 0 Å². The molecule has 6 aliphatic carbocycles. The SMILES string of the molecule is C1CCC(P(C2CCCC2)C2CCCC2)C1.C1CCC(P(C2CCCC2)C2CCCC2)C1.F[B-](F)(F)F.[Cl-].[N]=O.[N]=O.[Ru+2]. The standard InChI is InChI=1S/2C15H27P.BF4.ClH.2NO.Ru/c2*1-2-8-13(7-1)16(14-9-3-4-10-14)15-11-5-6-12-15;2-1(3,4)5;;2*1-2;/h2*13-15H,1-12H2;;1H;;;/q;;-1;;;;+2/p-1. The fraction of sp³-hybridized carbons (Fsp3) is 1.00. The summed E-state index contributed by atoms with van der Waals surface area (Å²) in [5.74, 6) is 0. The number of hydrogen-bond donors (Lipinski definition) is 0. The van der Waals surface area contributed by atoms with Gasteiger partial charge >= 0.3 is 26.7 Å². The molecular formula is C30H54BClF4N2O2P2Ru. The van der Waals surface area contributed by atoms with E-state index in [-0.39, 0.29) is 31.9 Å². The first-order valence-electron chi connectivity index (χ1n) is 16.7. The van der Waals surface area contributed by atoms with E-state index >= 15 is 0 Å². The van der Waals surface area contributed by atoms with Gasteiger partial charge in [0.2, 0.25) is 0 Å². The minimum atomic E-state index is -6.00. The molecule has 6 saturated carbocycles. The average molecular weight is 760 g/mol. The van der Waals surface area contributed by atoms with E-state index in [0.717, 1.165) is 0 Å². The summed E-state index contributed by atoms with van der Waals surface area (Å²) < 4.78 is 39.0. The molecule has 0 saturated heterocycles. The minimum absolute atomic E-state index is 0. The zero-order chi connectivity index (χ0) is 30.1. The van der Waals surface area contributed by atoms with Crippen LogP contribution in [0.2, 0.25) is 0 Å². The molecule has 0 aromatic rings. The molecule has 43 heavy (non-hydrogen) atoms. The molecule has 4 nitrogen and oxygen atoms in total. The maximum Gasteiger partial charge on any atom is 2.00 e. The van der Waals surface area contributed by atoms with Crippen molar-refractivity contribution < 1.29 is 49.1 Å². The molecule has 13 heteroatoms. The second-order valence-electron chi connectivity index (χ2n) is 13.0. The van der Waals surface area contributed by atoms with Crippen molar-refractivity contribution in [1.29, 1.82) is 0 Å². The van der Waals surface area contributed by atoms with Crippen molar-refractivity contribution in [3.05, 3.63) is 9.81 Å². The molecule has 0 N–H and O–H groups in total. The fourth-order valence-electron chi connectivity index (χ4n) is 9.00. The first-order valence-corrected chi connectivity index (χ1v) is 19.8. The quantitative estimate of drug-likeness (QED) is 0.156. The Bertz CT molecular complexity index is 545. The van der Waals surface area contributed by atoms with Crippen LogP contribution < -0.4 is 23.6 Å². The number of halogens is 5. The van der Waals surface area contributed by atoms with Crippen molar-refractivity contribution in [2.45, 2.75) is 188 Å². The van der Waals surface area contributed by atoms with Crippen molar-refractivity contribution in [2.24, 2.45) is 0 Å². The zero-order valence-corrected chi connectivity index (χ0v) is 30.1. The van der Waals surface area contributed by atoms with E-state index < -0.39 is 7.25 Å². The van der Waals surface area contributed by atoms with Gasteiger partial charge in [-0.05, 0) is 111 Å². The van der Waals surface area contributed by atoms with Crippen LogP contribution in [0.5, 0.6) is 0 Å². The molecule has 0 spiro atoms. The van der Waals surface area contributed by atoms with Gasteiger partial charge in [-0.25, -0.2) is 0 Å². The largest absolute Gasteiger partial charge is 2.00 e. The topological polar surface area (TPSA) is 78.7 Å². The summed E-state index contributed by atoms with van der Waals surface area (Å²) in [6, 6.07) is 0. The molecule has 252 valence electrons. The Morgan fingerprint density at radius 2 is 0.465 bits per heavy atom. The van der Waals surface area contributed by atoms with Crippen molar-refractivity contribution in [2.75, 3.05) is 0 Å². The number of nitrogens with zero attached hydrogens (tertiary/aromatic N) is 2. The molecule has 0 atom stereocenters. The van der Waals surface area contributed by atoms with Crippen LogP contribution in [-0.4, -0.2) is 41.2 Å². The van der Waals surface area contributed by atoms with E-state index in [2.05, 4.69) is 0 Å². The van der Waals surface area contributed by atoms with Gasteiger partial charge in [0, 0.05) is 0 Å². The second-order valence-corrected chi connectivity index (χ2v) is 19.2. The van der Waals surface area contributed by atoms with Crippen LogP contribution in [0, 0.1) is 9.81 Å². The fourth-order valence-corrected chi connectivity index (χ4v) is 18.3. The summed E-state index contributed by atoms with van der Waals surface area (Å²) in [4.78, 5) is 14.5. The third kappa shape index (κ3) is 15.9. The van der Waals surface area contributed by atoms with Crippen molar-refractivity contribution in [3.63, 3.8) is 0 Å². The molecule has 0 aliphatic heterocycles. The van der Waals surface area contributed by atoms with Gasteiger partial charge in [0.05, 0.1) is 0 Å². The molecule has 0 bridgehead atoms. The molecule has 0 heterocycles. The summed E-state index contributed by atoms with van der Waals surface area (Å²) in [5.41, 5.74) is 18.8. The Hall–Kier alpha value is 0.758.